The van der Waals surface area contributed by atoms with E-state index in [-0.39, 0.29) is 29.1 Å². The zero-order chi connectivity index (χ0) is 22.8. The second-order valence-corrected chi connectivity index (χ2v) is 7.20. The van der Waals surface area contributed by atoms with E-state index in [2.05, 4.69) is 4.98 Å². The van der Waals surface area contributed by atoms with Crippen LogP contribution in [0.5, 0.6) is 0 Å². The van der Waals surface area contributed by atoms with E-state index in [1.54, 1.807) is 13.0 Å². The van der Waals surface area contributed by atoms with E-state index in [1.807, 2.05) is 31.2 Å². The first-order chi connectivity index (χ1) is 15.4. The van der Waals surface area contributed by atoms with Crippen LogP contribution in [0.15, 0.2) is 67.0 Å². The molecule has 0 spiro atoms. The Hall–Kier alpha value is -4.33. The zero-order valence-corrected chi connectivity index (χ0v) is 17.4. The van der Waals surface area contributed by atoms with E-state index in [1.165, 1.54) is 41.1 Å². The number of non-ortho nitro benzene ring substituents is 1. The molecular formula is C24H19N3O5. The number of carbonyl (C=O) groups excluding carboxylic acids is 2. The number of hydrogen-bond donors (Lipinski definition) is 0. The quantitative estimate of drug-likeness (QED) is 0.192. The molecule has 2 heterocycles. The van der Waals surface area contributed by atoms with Crippen LogP contribution in [0.1, 0.15) is 38.9 Å². The van der Waals surface area contributed by atoms with Gasteiger partial charge < -0.3 is 4.74 Å². The molecule has 2 aromatic heterocycles. The number of carbonyl (C=O) groups is 2. The number of aryl methyl sites for hydroxylation is 1. The monoisotopic (exact) mass is 429 g/mol. The molecule has 8 nitrogen and oxygen atoms in total. The number of rotatable bonds is 6. The molecule has 0 saturated heterocycles. The first kappa shape index (κ1) is 20.9. The molecule has 0 radical (unpaired) electrons. The summed E-state index contributed by atoms with van der Waals surface area (Å²) in [5.74, 6) is -1.03. The highest BCUT2D eigenvalue weighted by Crippen LogP contribution is 2.26. The standard InChI is InChI=1S/C24H19N3O5/c1-3-32-24(29)19-12-22(23(28)17-5-4-6-18(11-17)27(30)31)26-14-25-20(13-21(19)26)16-9-7-15(2)8-10-16/h4-14H,3H2,1-2H3. The van der Waals surface area contributed by atoms with E-state index in [0.29, 0.717) is 11.2 Å². The van der Waals surface area contributed by atoms with Crippen LogP contribution in [-0.2, 0) is 4.74 Å². The van der Waals surface area contributed by atoms with E-state index >= 15 is 0 Å². The summed E-state index contributed by atoms with van der Waals surface area (Å²) in [4.78, 5) is 40.8. The summed E-state index contributed by atoms with van der Waals surface area (Å²) in [6.45, 7) is 3.86. The lowest BCUT2D eigenvalue weighted by Crippen LogP contribution is -2.06. The summed E-state index contributed by atoms with van der Waals surface area (Å²) < 4.78 is 6.68. The van der Waals surface area contributed by atoms with Crippen LogP contribution in [0.3, 0.4) is 0 Å². The summed E-state index contributed by atoms with van der Waals surface area (Å²) in [5, 5.41) is 11.1. The first-order valence-electron chi connectivity index (χ1n) is 9.93. The molecule has 0 bridgehead atoms. The number of ketones is 1. The van der Waals surface area contributed by atoms with Crippen molar-refractivity contribution in [1.82, 2.24) is 9.38 Å². The molecule has 0 aliphatic rings. The second kappa shape index (κ2) is 8.43. The fourth-order valence-electron chi connectivity index (χ4n) is 3.44. The maximum Gasteiger partial charge on any atom is 0.340 e. The second-order valence-electron chi connectivity index (χ2n) is 7.20. The summed E-state index contributed by atoms with van der Waals surface area (Å²) >= 11 is 0. The van der Waals surface area contributed by atoms with Crippen molar-refractivity contribution in [3.05, 3.63) is 99.5 Å². The Morgan fingerprint density at radius 2 is 1.84 bits per heavy atom. The number of aromatic nitrogens is 2. The summed E-state index contributed by atoms with van der Waals surface area (Å²) in [6.07, 6.45) is 1.47. The van der Waals surface area contributed by atoms with Crippen LogP contribution in [-0.4, -0.2) is 32.7 Å². The highest BCUT2D eigenvalue weighted by molar-refractivity contribution is 6.11. The lowest BCUT2D eigenvalue weighted by Gasteiger charge is -2.06. The number of nitrogens with zero attached hydrogens (tertiary/aromatic N) is 3. The van der Waals surface area contributed by atoms with Crippen LogP contribution < -0.4 is 0 Å². The molecule has 160 valence electrons. The molecule has 0 unspecified atom stereocenters. The summed E-state index contributed by atoms with van der Waals surface area (Å²) in [7, 11) is 0. The summed E-state index contributed by atoms with van der Waals surface area (Å²) in [6, 6.07) is 16.4. The maximum atomic E-state index is 13.2. The Labute approximate surface area is 183 Å². The minimum atomic E-state index is -0.566. The number of benzene rings is 2. The Morgan fingerprint density at radius 1 is 1.09 bits per heavy atom. The van der Waals surface area contributed by atoms with Crippen molar-refractivity contribution >= 4 is 23.0 Å². The largest absolute Gasteiger partial charge is 0.462 e. The molecule has 0 saturated carbocycles. The molecule has 4 rings (SSSR count). The van der Waals surface area contributed by atoms with Gasteiger partial charge in [-0.1, -0.05) is 42.0 Å². The maximum absolute atomic E-state index is 13.2. The Morgan fingerprint density at radius 3 is 2.53 bits per heavy atom. The van der Waals surface area contributed by atoms with Crippen LogP contribution in [0, 0.1) is 17.0 Å². The van der Waals surface area contributed by atoms with Gasteiger partial charge in [0.05, 0.1) is 34.0 Å². The number of fused-ring (bicyclic) bond motifs is 1. The molecule has 8 heteroatoms. The van der Waals surface area contributed by atoms with Crippen molar-refractivity contribution in [2.75, 3.05) is 6.61 Å². The first-order valence-corrected chi connectivity index (χ1v) is 9.93. The van der Waals surface area contributed by atoms with E-state index in [4.69, 9.17) is 4.74 Å². The van der Waals surface area contributed by atoms with Gasteiger partial charge in [-0.3, -0.25) is 19.3 Å². The highest BCUT2D eigenvalue weighted by Gasteiger charge is 2.23. The van der Waals surface area contributed by atoms with Gasteiger partial charge in [0, 0.05) is 23.3 Å². The van der Waals surface area contributed by atoms with Crippen molar-refractivity contribution in [2.45, 2.75) is 13.8 Å². The van der Waals surface area contributed by atoms with Gasteiger partial charge in [-0.25, -0.2) is 9.78 Å². The fourth-order valence-corrected chi connectivity index (χ4v) is 3.44. The third-order valence-corrected chi connectivity index (χ3v) is 5.06. The molecule has 0 atom stereocenters. The number of ether oxygens (including phenoxy) is 1. The van der Waals surface area contributed by atoms with E-state index in [0.717, 1.165) is 11.1 Å². The Bertz CT molecular complexity index is 1360. The lowest BCUT2D eigenvalue weighted by atomic mass is 10.1. The van der Waals surface area contributed by atoms with Crippen molar-refractivity contribution in [1.29, 1.82) is 0 Å². The molecule has 32 heavy (non-hydrogen) atoms. The normalized spacial score (nSPS) is 10.8. The average molecular weight is 429 g/mol. The molecule has 2 aromatic carbocycles. The molecule has 0 fully saturated rings. The van der Waals surface area contributed by atoms with E-state index in [9.17, 15) is 19.7 Å². The van der Waals surface area contributed by atoms with Gasteiger partial charge in [-0.2, -0.15) is 0 Å². The number of nitro groups is 1. The van der Waals surface area contributed by atoms with Crippen LogP contribution in [0.25, 0.3) is 16.8 Å². The molecule has 0 aliphatic carbocycles. The minimum Gasteiger partial charge on any atom is -0.462 e. The molecule has 0 aliphatic heterocycles. The van der Waals surface area contributed by atoms with Gasteiger partial charge in [0.2, 0.25) is 5.78 Å². The third-order valence-electron chi connectivity index (χ3n) is 5.06. The minimum absolute atomic E-state index is 0.136. The SMILES string of the molecule is CCOC(=O)c1cc(C(=O)c2cccc([N+](=O)[O-])c2)n2cnc(-c3ccc(C)cc3)cc12. The highest BCUT2D eigenvalue weighted by atomic mass is 16.6. The van der Waals surface area contributed by atoms with Gasteiger partial charge in [-0.05, 0) is 26.0 Å². The topological polar surface area (TPSA) is 104 Å². The zero-order valence-electron chi connectivity index (χ0n) is 17.4. The predicted octanol–water partition coefficient (Wildman–Crippen LogP) is 4.63. The number of nitro benzene ring substituents is 1. The molecule has 0 amide bonds. The van der Waals surface area contributed by atoms with Gasteiger partial charge in [0.1, 0.15) is 6.33 Å². The average Bonchev–Trinajstić information content (AvgIpc) is 3.18. The number of esters is 1. The van der Waals surface area contributed by atoms with Crippen molar-refractivity contribution in [3.63, 3.8) is 0 Å². The smallest absolute Gasteiger partial charge is 0.340 e. The molecule has 4 aromatic rings. The third kappa shape index (κ3) is 3.85. The summed E-state index contributed by atoms with van der Waals surface area (Å²) in [5.41, 5.74) is 3.38. The van der Waals surface area contributed by atoms with Crippen LogP contribution in [0.4, 0.5) is 5.69 Å². The lowest BCUT2D eigenvalue weighted by molar-refractivity contribution is -0.384. The van der Waals surface area contributed by atoms with Gasteiger partial charge >= 0.3 is 5.97 Å². The van der Waals surface area contributed by atoms with Gasteiger partial charge in [0.15, 0.2) is 0 Å². The molecule has 0 N–H and O–H groups in total. The van der Waals surface area contributed by atoms with Gasteiger partial charge in [-0.15, -0.1) is 0 Å². The van der Waals surface area contributed by atoms with Crippen molar-refractivity contribution in [2.24, 2.45) is 0 Å². The predicted molar refractivity (Wildman–Crippen MR) is 118 cm³/mol. The van der Waals surface area contributed by atoms with Crippen molar-refractivity contribution < 1.29 is 19.2 Å². The fraction of sp³-hybridized carbons (Fsp3) is 0.125. The van der Waals surface area contributed by atoms with E-state index < -0.39 is 16.7 Å². The molecular weight excluding hydrogens is 410 g/mol. The Kier molecular flexibility index (Phi) is 5.51. The van der Waals surface area contributed by atoms with Gasteiger partial charge in [0.25, 0.3) is 5.69 Å². The number of hydrogen-bond acceptors (Lipinski definition) is 6. The van der Waals surface area contributed by atoms with Crippen LogP contribution >= 0.6 is 0 Å². The van der Waals surface area contributed by atoms with Crippen molar-refractivity contribution in [3.8, 4) is 11.3 Å². The Balaban J connectivity index is 1.87. The van der Waals surface area contributed by atoms with Crippen LogP contribution in [0.2, 0.25) is 0 Å².